The minimum Gasteiger partial charge on any atom is -0.462 e. The van der Waals surface area contributed by atoms with Gasteiger partial charge in [-0.25, -0.2) is 4.79 Å². The van der Waals surface area contributed by atoms with Crippen molar-refractivity contribution in [1.82, 2.24) is 4.57 Å². The van der Waals surface area contributed by atoms with Crippen molar-refractivity contribution in [2.45, 2.75) is 40.2 Å². The molecule has 0 bridgehead atoms. The number of esters is 1. The van der Waals surface area contributed by atoms with Gasteiger partial charge in [0.1, 0.15) is 0 Å². The fourth-order valence-corrected chi connectivity index (χ4v) is 3.01. The molecule has 0 saturated heterocycles. The van der Waals surface area contributed by atoms with Crippen LogP contribution in [0.2, 0.25) is 0 Å². The second-order valence-corrected chi connectivity index (χ2v) is 5.25. The summed E-state index contributed by atoms with van der Waals surface area (Å²) >= 11 is 0. The van der Waals surface area contributed by atoms with Crippen LogP contribution in [-0.4, -0.2) is 17.1 Å². The van der Waals surface area contributed by atoms with Crippen molar-refractivity contribution >= 4 is 16.9 Å². The van der Waals surface area contributed by atoms with Crippen LogP contribution >= 0.6 is 0 Å². The molecule has 1 aliphatic rings. The predicted octanol–water partition coefficient (Wildman–Crippen LogP) is 3.38. The molecule has 3 rings (SSSR count). The number of fused-ring (bicyclic) bond motifs is 3. The van der Waals surface area contributed by atoms with Crippen LogP contribution in [0.1, 0.15) is 40.5 Å². The summed E-state index contributed by atoms with van der Waals surface area (Å²) in [5, 5.41) is 1.05. The minimum absolute atomic E-state index is 0.175. The monoisotopic (exact) mass is 257 g/mol. The van der Waals surface area contributed by atoms with E-state index >= 15 is 0 Å². The number of aryl methyl sites for hydroxylation is 3. The van der Waals surface area contributed by atoms with E-state index in [1.807, 2.05) is 6.92 Å². The van der Waals surface area contributed by atoms with E-state index < -0.39 is 0 Å². The summed E-state index contributed by atoms with van der Waals surface area (Å²) in [5.74, 6) is -0.175. The Morgan fingerprint density at radius 3 is 2.79 bits per heavy atom. The Morgan fingerprint density at radius 1 is 1.32 bits per heavy atom. The average Bonchev–Trinajstić information content (AvgIpc) is 2.91. The maximum absolute atomic E-state index is 12.2. The molecular formula is C16H19NO2. The third-order valence-electron chi connectivity index (χ3n) is 4.06. The van der Waals surface area contributed by atoms with Crippen molar-refractivity contribution in [2.24, 2.45) is 0 Å². The Balaban J connectivity index is 2.30. The fraction of sp³-hybridized carbons (Fsp3) is 0.438. The minimum atomic E-state index is -0.175. The zero-order chi connectivity index (χ0) is 13.6. The number of nitrogens with zero attached hydrogens (tertiary/aromatic N) is 1. The molecule has 0 N–H and O–H groups in total. The maximum Gasteiger partial charge on any atom is 0.340 e. The van der Waals surface area contributed by atoms with E-state index in [0.29, 0.717) is 6.61 Å². The van der Waals surface area contributed by atoms with Crippen LogP contribution in [0.4, 0.5) is 0 Å². The lowest BCUT2D eigenvalue weighted by Crippen LogP contribution is -2.06. The van der Waals surface area contributed by atoms with Gasteiger partial charge in [0.05, 0.1) is 12.2 Å². The molecule has 0 fully saturated rings. The summed E-state index contributed by atoms with van der Waals surface area (Å²) in [5.41, 5.74) is 5.62. The molecule has 1 aromatic carbocycles. The van der Waals surface area contributed by atoms with Gasteiger partial charge < -0.3 is 9.30 Å². The Hall–Kier alpha value is -1.77. The average molecular weight is 257 g/mol. The molecule has 19 heavy (non-hydrogen) atoms. The van der Waals surface area contributed by atoms with E-state index in [1.165, 1.54) is 16.6 Å². The smallest absolute Gasteiger partial charge is 0.340 e. The second-order valence-electron chi connectivity index (χ2n) is 5.25. The predicted molar refractivity (Wildman–Crippen MR) is 75.7 cm³/mol. The first-order valence-corrected chi connectivity index (χ1v) is 6.93. The topological polar surface area (TPSA) is 31.2 Å². The van der Waals surface area contributed by atoms with E-state index in [1.54, 1.807) is 0 Å². The van der Waals surface area contributed by atoms with Crippen molar-refractivity contribution in [1.29, 1.82) is 0 Å². The van der Waals surface area contributed by atoms with Crippen LogP contribution in [0.5, 0.6) is 0 Å². The third kappa shape index (κ3) is 1.76. The van der Waals surface area contributed by atoms with Crippen molar-refractivity contribution in [3.63, 3.8) is 0 Å². The number of rotatable bonds is 2. The summed E-state index contributed by atoms with van der Waals surface area (Å²) in [4.78, 5) is 12.2. The molecule has 1 aromatic heterocycles. The van der Waals surface area contributed by atoms with Crippen molar-refractivity contribution in [2.75, 3.05) is 6.61 Å². The lowest BCUT2D eigenvalue weighted by Gasteiger charge is -2.05. The first kappa shape index (κ1) is 12.3. The van der Waals surface area contributed by atoms with Gasteiger partial charge in [0.25, 0.3) is 0 Å². The van der Waals surface area contributed by atoms with Gasteiger partial charge in [-0.3, -0.25) is 0 Å². The van der Waals surface area contributed by atoms with E-state index in [9.17, 15) is 4.79 Å². The maximum atomic E-state index is 12.2. The van der Waals surface area contributed by atoms with Crippen LogP contribution in [0.3, 0.4) is 0 Å². The highest BCUT2D eigenvalue weighted by atomic mass is 16.5. The van der Waals surface area contributed by atoms with Crippen molar-refractivity contribution in [3.05, 3.63) is 34.5 Å². The van der Waals surface area contributed by atoms with Crippen LogP contribution in [0.15, 0.2) is 12.1 Å². The molecular weight excluding hydrogens is 238 g/mol. The zero-order valence-electron chi connectivity index (χ0n) is 11.7. The van der Waals surface area contributed by atoms with Gasteiger partial charge in [0.15, 0.2) is 0 Å². The molecule has 3 heteroatoms. The van der Waals surface area contributed by atoms with Gasteiger partial charge >= 0.3 is 5.97 Å². The Kier molecular flexibility index (Phi) is 2.85. The molecule has 0 aliphatic carbocycles. The van der Waals surface area contributed by atoms with Crippen LogP contribution < -0.4 is 0 Å². The van der Waals surface area contributed by atoms with Gasteiger partial charge in [-0.15, -0.1) is 0 Å². The molecule has 100 valence electrons. The number of carbonyl (C=O) groups excluding carboxylic acids is 1. The molecule has 0 unspecified atom stereocenters. The second kappa shape index (κ2) is 4.41. The lowest BCUT2D eigenvalue weighted by atomic mass is 10.0. The highest BCUT2D eigenvalue weighted by Crippen LogP contribution is 2.33. The molecule has 0 spiro atoms. The number of aromatic nitrogens is 1. The molecule has 0 radical (unpaired) electrons. The Labute approximate surface area is 113 Å². The lowest BCUT2D eigenvalue weighted by molar-refractivity contribution is 0.0527. The van der Waals surface area contributed by atoms with Crippen LogP contribution in [-0.2, 0) is 17.7 Å². The van der Waals surface area contributed by atoms with E-state index in [2.05, 4.69) is 30.5 Å². The largest absolute Gasteiger partial charge is 0.462 e. The molecule has 2 aromatic rings. The summed E-state index contributed by atoms with van der Waals surface area (Å²) in [7, 11) is 0. The quantitative estimate of drug-likeness (QED) is 0.772. The molecule has 0 atom stereocenters. The van der Waals surface area contributed by atoms with Gasteiger partial charge in [-0.05, 0) is 56.9 Å². The number of hydrogen-bond acceptors (Lipinski definition) is 2. The zero-order valence-corrected chi connectivity index (χ0v) is 11.7. The highest BCUT2D eigenvalue weighted by molar-refractivity contribution is 6.06. The first-order valence-electron chi connectivity index (χ1n) is 6.93. The SMILES string of the molecule is CCOC(=O)c1c2n(c3cc(C)c(C)cc13)CCC2. The van der Waals surface area contributed by atoms with E-state index in [0.717, 1.165) is 36.0 Å². The van der Waals surface area contributed by atoms with Crippen molar-refractivity contribution in [3.8, 4) is 0 Å². The van der Waals surface area contributed by atoms with E-state index in [4.69, 9.17) is 4.74 Å². The summed E-state index contributed by atoms with van der Waals surface area (Å²) < 4.78 is 7.52. The standard InChI is InChI=1S/C16H19NO2/c1-4-19-16(18)15-12-8-10(2)11(3)9-14(12)17-7-5-6-13(15)17/h8-9H,4-7H2,1-3H3. The van der Waals surface area contributed by atoms with E-state index in [-0.39, 0.29) is 5.97 Å². The molecule has 0 amide bonds. The fourth-order valence-electron chi connectivity index (χ4n) is 3.01. The number of carbonyl (C=O) groups is 1. The molecule has 1 aliphatic heterocycles. The van der Waals surface area contributed by atoms with Crippen LogP contribution in [0.25, 0.3) is 10.9 Å². The third-order valence-corrected chi connectivity index (χ3v) is 4.06. The van der Waals surface area contributed by atoms with Gasteiger partial charge in [0.2, 0.25) is 0 Å². The number of hydrogen-bond donors (Lipinski definition) is 0. The van der Waals surface area contributed by atoms with Gasteiger partial charge in [-0.2, -0.15) is 0 Å². The summed E-state index contributed by atoms with van der Waals surface area (Å²) in [6, 6.07) is 4.32. The normalized spacial score (nSPS) is 13.8. The van der Waals surface area contributed by atoms with Gasteiger partial charge in [0, 0.05) is 23.1 Å². The van der Waals surface area contributed by atoms with Gasteiger partial charge in [-0.1, -0.05) is 0 Å². The Morgan fingerprint density at radius 2 is 2.05 bits per heavy atom. The Bertz CT molecular complexity index is 667. The number of benzene rings is 1. The summed E-state index contributed by atoms with van der Waals surface area (Å²) in [6.45, 7) is 7.50. The van der Waals surface area contributed by atoms with Crippen LogP contribution in [0, 0.1) is 13.8 Å². The van der Waals surface area contributed by atoms with Crippen molar-refractivity contribution < 1.29 is 9.53 Å². The first-order chi connectivity index (χ1) is 9.13. The molecule has 3 nitrogen and oxygen atoms in total. The highest BCUT2D eigenvalue weighted by Gasteiger charge is 2.26. The summed E-state index contributed by atoms with van der Waals surface area (Å²) in [6.07, 6.45) is 2.09. The molecule has 2 heterocycles. The molecule has 0 saturated carbocycles. The number of ether oxygens (including phenoxy) is 1.